The number of ether oxygens (including phenoxy) is 1. The Balaban J connectivity index is 2.24. The van der Waals surface area contributed by atoms with Gasteiger partial charge in [-0.2, -0.15) is 26.3 Å². The van der Waals surface area contributed by atoms with Crippen molar-refractivity contribution in [2.24, 2.45) is 5.92 Å². The first-order valence-corrected chi connectivity index (χ1v) is 8.60. The second kappa shape index (κ2) is 6.89. The van der Waals surface area contributed by atoms with Gasteiger partial charge >= 0.3 is 12.4 Å². The van der Waals surface area contributed by atoms with Crippen molar-refractivity contribution in [3.8, 4) is 5.75 Å². The van der Waals surface area contributed by atoms with Gasteiger partial charge in [0.05, 0.1) is 28.2 Å². The zero-order chi connectivity index (χ0) is 20.9. The number of fused-ring (bicyclic) bond motifs is 3. The Kier molecular flexibility index (Phi) is 5.01. The third-order valence-electron chi connectivity index (χ3n) is 4.51. The Morgan fingerprint density at radius 2 is 1.89 bits per heavy atom. The van der Waals surface area contributed by atoms with E-state index in [4.69, 9.17) is 4.74 Å². The number of H-pyrrole nitrogens is 1. The number of benzene rings is 1. The van der Waals surface area contributed by atoms with Gasteiger partial charge < -0.3 is 14.6 Å². The second-order valence-corrected chi connectivity index (χ2v) is 7.22. The van der Waals surface area contributed by atoms with Gasteiger partial charge in [0.1, 0.15) is 13.2 Å². The molecule has 1 aromatic carbocycles. The van der Waals surface area contributed by atoms with E-state index in [9.17, 15) is 31.1 Å². The Morgan fingerprint density at radius 1 is 1.21 bits per heavy atom. The van der Waals surface area contributed by atoms with Crippen molar-refractivity contribution in [1.82, 2.24) is 4.98 Å². The van der Waals surface area contributed by atoms with Crippen LogP contribution in [-0.2, 0) is 6.18 Å². The summed E-state index contributed by atoms with van der Waals surface area (Å²) < 4.78 is 85.5. The SMILES string of the molecule is CC(C)CC1COc2c(ccc3[nH]c(=O)cc(C(F)(F)F)c23)N1CC(F)(F)F. The number of rotatable bonds is 3. The van der Waals surface area contributed by atoms with Crippen LogP contribution in [0.2, 0.25) is 0 Å². The molecule has 0 aliphatic carbocycles. The van der Waals surface area contributed by atoms with Crippen molar-refractivity contribution in [3.63, 3.8) is 0 Å². The maximum absolute atomic E-state index is 13.5. The van der Waals surface area contributed by atoms with E-state index in [0.717, 1.165) is 4.90 Å². The summed E-state index contributed by atoms with van der Waals surface area (Å²) >= 11 is 0. The molecule has 0 spiro atoms. The van der Waals surface area contributed by atoms with Gasteiger partial charge in [0.15, 0.2) is 5.75 Å². The van der Waals surface area contributed by atoms with Crippen LogP contribution in [0.3, 0.4) is 0 Å². The van der Waals surface area contributed by atoms with Crippen LogP contribution >= 0.6 is 0 Å². The van der Waals surface area contributed by atoms with Crippen LogP contribution in [-0.4, -0.2) is 30.4 Å². The largest absolute Gasteiger partial charge is 0.489 e. The summed E-state index contributed by atoms with van der Waals surface area (Å²) in [5, 5.41) is -0.445. The fourth-order valence-electron chi connectivity index (χ4n) is 3.52. The van der Waals surface area contributed by atoms with E-state index in [1.807, 2.05) is 13.8 Å². The summed E-state index contributed by atoms with van der Waals surface area (Å²) in [6, 6.07) is 2.19. The highest BCUT2D eigenvalue weighted by atomic mass is 19.4. The van der Waals surface area contributed by atoms with Crippen molar-refractivity contribution < 1.29 is 31.1 Å². The van der Waals surface area contributed by atoms with Crippen molar-refractivity contribution in [1.29, 1.82) is 0 Å². The van der Waals surface area contributed by atoms with Crippen molar-refractivity contribution in [2.45, 2.75) is 38.7 Å². The Hall–Kier alpha value is -2.39. The minimum atomic E-state index is -4.87. The predicted octanol–water partition coefficient (Wildman–Crippen LogP) is 4.72. The lowest BCUT2D eigenvalue weighted by molar-refractivity contribution is -0.136. The third kappa shape index (κ3) is 4.05. The van der Waals surface area contributed by atoms with E-state index < -0.39 is 41.4 Å². The van der Waals surface area contributed by atoms with Crippen LogP contribution in [0.4, 0.5) is 32.0 Å². The zero-order valence-corrected chi connectivity index (χ0v) is 15.0. The summed E-state index contributed by atoms with van der Waals surface area (Å²) in [7, 11) is 0. The maximum atomic E-state index is 13.5. The molecule has 0 saturated carbocycles. The molecule has 1 aliphatic rings. The van der Waals surface area contributed by atoms with Crippen LogP contribution in [0, 0.1) is 5.92 Å². The van der Waals surface area contributed by atoms with Gasteiger partial charge in [-0.15, -0.1) is 0 Å². The van der Waals surface area contributed by atoms with E-state index in [2.05, 4.69) is 4.98 Å². The molecule has 1 atom stereocenters. The second-order valence-electron chi connectivity index (χ2n) is 7.22. The van der Waals surface area contributed by atoms with E-state index in [1.54, 1.807) is 0 Å². The summed E-state index contributed by atoms with van der Waals surface area (Å²) in [6.45, 7) is 2.19. The topological polar surface area (TPSA) is 45.3 Å². The molecule has 3 rings (SSSR count). The third-order valence-corrected chi connectivity index (χ3v) is 4.51. The monoisotopic (exact) mass is 408 g/mol. The lowest BCUT2D eigenvalue weighted by Gasteiger charge is -2.40. The van der Waals surface area contributed by atoms with Crippen molar-refractivity contribution in [2.75, 3.05) is 18.1 Å². The highest BCUT2D eigenvalue weighted by Gasteiger charge is 2.40. The number of aromatic amines is 1. The van der Waals surface area contributed by atoms with Crippen LogP contribution in [0.15, 0.2) is 23.0 Å². The van der Waals surface area contributed by atoms with Crippen LogP contribution < -0.4 is 15.2 Å². The molecular formula is C18H18F6N2O2. The number of pyridine rings is 1. The van der Waals surface area contributed by atoms with E-state index in [1.165, 1.54) is 12.1 Å². The molecule has 0 fully saturated rings. The quantitative estimate of drug-likeness (QED) is 0.748. The Morgan fingerprint density at radius 3 is 2.46 bits per heavy atom. The molecule has 2 heterocycles. The normalized spacial score (nSPS) is 17.8. The number of hydrogen-bond acceptors (Lipinski definition) is 3. The van der Waals surface area contributed by atoms with Crippen LogP contribution in [0.1, 0.15) is 25.8 Å². The minimum absolute atomic E-state index is 0.0634. The number of hydrogen-bond donors (Lipinski definition) is 1. The molecule has 4 nitrogen and oxygen atoms in total. The number of anilines is 1. The lowest BCUT2D eigenvalue weighted by atomic mass is 9.98. The summed E-state index contributed by atoms with van der Waals surface area (Å²) in [5.74, 6) is -0.237. The molecule has 0 radical (unpaired) electrons. The maximum Gasteiger partial charge on any atom is 0.417 e. The fourth-order valence-corrected chi connectivity index (χ4v) is 3.52. The highest BCUT2D eigenvalue weighted by Crippen LogP contribution is 2.45. The molecular weight excluding hydrogens is 390 g/mol. The molecule has 0 amide bonds. The first kappa shape index (κ1) is 20.3. The molecule has 1 unspecified atom stereocenters. The highest BCUT2D eigenvalue weighted by molar-refractivity contribution is 5.94. The molecule has 28 heavy (non-hydrogen) atoms. The molecule has 2 aromatic rings. The van der Waals surface area contributed by atoms with Crippen LogP contribution in [0.5, 0.6) is 5.75 Å². The van der Waals surface area contributed by atoms with Crippen LogP contribution in [0.25, 0.3) is 10.9 Å². The number of nitrogens with one attached hydrogen (secondary N) is 1. The molecule has 0 saturated heterocycles. The zero-order valence-electron chi connectivity index (χ0n) is 15.0. The molecule has 1 N–H and O–H groups in total. The Labute approximate surface area is 156 Å². The average Bonchev–Trinajstić information content (AvgIpc) is 2.53. The van der Waals surface area contributed by atoms with Gasteiger partial charge in [0, 0.05) is 6.07 Å². The van der Waals surface area contributed by atoms with Gasteiger partial charge in [-0.05, 0) is 24.5 Å². The molecule has 1 aliphatic heterocycles. The minimum Gasteiger partial charge on any atom is -0.489 e. The Bertz CT molecular complexity index is 933. The molecule has 10 heteroatoms. The van der Waals surface area contributed by atoms with Gasteiger partial charge in [0.25, 0.3) is 0 Å². The van der Waals surface area contributed by atoms with Gasteiger partial charge in [0.2, 0.25) is 5.56 Å². The van der Waals surface area contributed by atoms with Gasteiger partial charge in [-0.25, -0.2) is 0 Å². The molecule has 0 bridgehead atoms. The van der Waals surface area contributed by atoms with E-state index >= 15 is 0 Å². The number of aromatic nitrogens is 1. The smallest absolute Gasteiger partial charge is 0.417 e. The van der Waals surface area contributed by atoms with E-state index in [0.29, 0.717) is 12.5 Å². The number of halogens is 6. The first-order valence-electron chi connectivity index (χ1n) is 8.60. The fraction of sp³-hybridized carbons (Fsp3) is 0.500. The average molecular weight is 408 g/mol. The van der Waals surface area contributed by atoms with Gasteiger partial charge in [-0.1, -0.05) is 13.8 Å². The predicted molar refractivity (Wildman–Crippen MR) is 91.7 cm³/mol. The molecule has 154 valence electrons. The molecule has 1 aromatic heterocycles. The number of nitrogens with zero attached hydrogens (tertiary/aromatic N) is 1. The summed E-state index contributed by atoms with van der Waals surface area (Å²) in [5.41, 5.74) is -2.41. The standard InChI is InChI=1S/C18H18F6N2O2/c1-9(2)5-10-7-28-16-13(26(10)8-17(19,20)21)4-3-12-15(16)11(18(22,23)24)6-14(27)25-12/h3-4,6,9-10H,5,7-8H2,1-2H3,(H,25,27). The lowest BCUT2D eigenvalue weighted by Crippen LogP contribution is -2.48. The summed E-state index contributed by atoms with van der Waals surface area (Å²) in [6.07, 6.45) is -9.03. The number of alkyl halides is 6. The van der Waals surface area contributed by atoms with Gasteiger partial charge in [-0.3, -0.25) is 4.79 Å². The summed E-state index contributed by atoms with van der Waals surface area (Å²) in [4.78, 5) is 14.9. The van der Waals surface area contributed by atoms with E-state index in [-0.39, 0.29) is 29.5 Å². The van der Waals surface area contributed by atoms with Crippen molar-refractivity contribution in [3.05, 3.63) is 34.1 Å². The first-order chi connectivity index (χ1) is 12.9. The van der Waals surface area contributed by atoms with Crippen molar-refractivity contribution >= 4 is 16.6 Å².